The molecule has 0 fully saturated rings. The predicted octanol–water partition coefficient (Wildman–Crippen LogP) is 3.27. The van der Waals surface area contributed by atoms with Crippen molar-refractivity contribution in [2.75, 3.05) is 19.4 Å². The Balaban J connectivity index is 2.11. The molecule has 146 valence electrons. The molecule has 0 heterocycles. The first-order valence-corrected chi connectivity index (χ1v) is 10.3. The van der Waals surface area contributed by atoms with Crippen LogP contribution in [0.3, 0.4) is 0 Å². The summed E-state index contributed by atoms with van der Waals surface area (Å²) in [5.74, 6) is -0.270. The fraction of sp³-hybridized carbons (Fsp3) is 0.316. The molecule has 2 N–H and O–H groups in total. The Bertz CT molecular complexity index is 902. The zero-order valence-electron chi connectivity index (χ0n) is 15.7. The van der Waals surface area contributed by atoms with Crippen molar-refractivity contribution < 1.29 is 13.2 Å². The number of carbonyl (C=O) groups is 1. The average Bonchev–Trinajstić information content (AvgIpc) is 2.63. The molecule has 2 aromatic carbocycles. The van der Waals surface area contributed by atoms with Crippen LogP contribution in [-0.4, -0.2) is 38.8 Å². The highest BCUT2D eigenvalue weighted by atomic mass is 35.5. The number of amides is 1. The predicted molar refractivity (Wildman–Crippen MR) is 108 cm³/mol. The van der Waals surface area contributed by atoms with Crippen LogP contribution < -0.4 is 10.6 Å². The first kappa shape index (κ1) is 21.4. The molecule has 8 heteroatoms. The van der Waals surface area contributed by atoms with Crippen LogP contribution in [-0.2, 0) is 14.8 Å². The minimum Gasteiger partial charge on any atom is -0.325 e. The first-order chi connectivity index (χ1) is 12.6. The van der Waals surface area contributed by atoms with Gasteiger partial charge in [-0.2, -0.15) is 0 Å². The van der Waals surface area contributed by atoms with Crippen LogP contribution in [0.4, 0.5) is 5.69 Å². The average molecular weight is 410 g/mol. The van der Waals surface area contributed by atoms with Crippen molar-refractivity contribution in [1.29, 1.82) is 0 Å². The normalized spacial score (nSPS) is 14.0. The van der Waals surface area contributed by atoms with Gasteiger partial charge in [-0.3, -0.25) is 10.1 Å². The van der Waals surface area contributed by atoms with Gasteiger partial charge in [0.05, 0.1) is 11.1 Å². The Kier molecular flexibility index (Phi) is 7.00. The molecule has 0 saturated carbocycles. The highest BCUT2D eigenvalue weighted by Crippen LogP contribution is 2.27. The van der Waals surface area contributed by atoms with Gasteiger partial charge in [0.1, 0.15) is 4.90 Å². The summed E-state index contributed by atoms with van der Waals surface area (Å²) in [7, 11) is -0.858. The number of sulfonamides is 1. The third-order valence-corrected chi connectivity index (χ3v) is 6.45. The standard InChI is InChI=1S/C19H24ClN3O3S/c1-13(15-8-6-5-7-9-15)21-14(2)19(24)22-16-10-11-17(20)18(12-16)27(25,26)23(3)4/h5-14,21H,1-4H3,(H,22,24)/t13-,14+/m1/s1. The van der Waals surface area contributed by atoms with Gasteiger partial charge in [0.2, 0.25) is 15.9 Å². The van der Waals surface area contributed by atoms with E-state index in [1.165, 1.54) is 26.2 Å². The lowest BCUT2D eigenvalue weighted by atomic mass is 10.1. The molecule has 6 nitrogen and oxygen atoms in total. The zero-order valence-corrected chi connectivity index (χ0v) is 17.3. The minimum absolute atomic E-state index is 0.0122. The third kappa shape index (κ3) is 5.29. The van der Waals surface area contributed by atoms with Gasteiger partial charge in [-0.25, -0.2) is 12.7 Å². The van der Waals surface area contributed by atoms with E-state index in [4.69, 9.17) is 11.6 Å². The van der Waals surface area contributed by atoms with E-state index in [9.17, 15) is 13.2 Å². The van der Waals surface area contributed by atoms with Gasteiger partial charge in [0.15, 0.2) is 0 Å². The summed E-state index contributed by atoms with van der Waals surface area (Å²) in [5.41, 5.74) is 1.44. The molecule has 0 aliphatic heterocycles. The Hall–Kier alpha value is -1.93. The van der Waals surface area contributed by atoms with Crippen molar-refractivity contribution in [3.63, 3.8) is 0 Å². The molecule has 2 aromatic rings. The van der Waals surface area contributed by atoms with Gasteiger partial charge in [0, 0.05) is 25.8 Å². The van der Waals surface area contributed by atoms with Gasteiger partial charge in [0.25, 0.3) is 0 Å². The summed E-state index contributed by atoms with van der Waals surface area (Å²) in [4.78, 5) is 12.4. The Morgan fingerprint density at radius 3 is 2.30 bits per heavy atom. The fourth-order valence-electron chi connectivity index (χ4n) is 2.51. The minimum atomic E-state index is -3.71. The molecule has 1 amide bonds. The number of nitrogens with zero attached hydrogens (tertiary/aromatic N) is 1. The van der Waals surface area contributed by atoms with Crippen molar-refractivity contribution in [2.45, 2.75) is 30.8 Å². The molecule has 2 atom stereocenters. The molecule has 0 saturated heterocycles. The number of carbonyl (C=O) groups excluding carboxylic acids is 1. The van der Waals surface area contributed by atoms with E-state index in [0.29, 0.717) is 5.69 Å². The van der Waals surface area contributed by atoms with Crippen molar-refractivity contribution >= 4 is 33.2 Å². The monoisotopic (exact) mass is 409 g/mol. The summed E-state index contributed by atoms with van der Waals surface area (Å²) in [5, 5.41) is 6.06. The van der Waals surface area contributed by atoms with E-state index in [1.54, 1.807) is 13.0 Å². The number of hydrogen-bond acceptors (Lipinski definition) is 4. The lowest BCUT2D eigenvalue weighted by molar-refractivity contribution is -0.117. The Morgan fingerprint density at radius 1 is 1.07 bits per heavy atom. The van der Waals surface area contributed by atoms with E-state index >= 15 is 0 Å². The number of benzene rings is 2. The molecule has 2 rings (SSSR count). The number of halogens is 1. The highest BCUT2D eigenvalue weighted by Gasteiger charge is 2.22. The largest absolute Gasteiger partial charge is 0.325 e. The summed E-state index contributed by atoms with van der Waals surface area (Å²) < 4.78 is 25.8. The molecule has 0 unspecified atom stereocenters. The van der Waals surface area contributed by atoms with Gasteiger partial charge >= 0.3 is 0 Å². The lowest BCUT2D eigenvalue weighted by Crippen LogP contribution is -2.39. The maximum atomic E-state index is 12.5. The molecular formula is C19H24ClN3O3S. The van der Waals surface area contributed by atoms with Crippen LogP contribution in [0, 0.1) is 0 Å². The van der Waals surface area contributed by atoms with Gasteiger partial charge in [-0.1, -0.05) is 41.9 Å². The van der Waals surface area contributed by atoms with Crippen LogP contribution in [0.15, 0.2) is 53.4 Å². The van der Waals surface area contributed by atoms with Crippen LogP contribution in [0.25, 0.3) is 0 Å². The number of nitrogens with one attached hydrogen (secondary N) is 2. The maximum Gasteiger partial charge on any atom is 0.244 e. The summed E-state index contributed by atoms with van der Waals surface area (Å²) >= 11 is 6.03. The van der Waals surface area contributed by atoms with Crippen LogP contribution in [0.5, 0.6) is 0 Å². The zero-order chi connectivity index (χ0) is 20.2. The second kappa shape index (κ2) is 8.84. The van der Waals surface area contributed by atoms with Crippen molar-refractivity contribution in [3.05, 3.63) is 59.1 Å². The topological polar surface area (TPSA) is 78.5 Å². The van der Waals surface area contributed by atoms with E-state index in [0.717, 1.165) is 9.87 Å². The molecule has 0 radical (unpaired) electrons. The molecular weight excluding hydrogens is 386 g/mol. The van der Waals surface area contributed by atoms with Crippen molar-refractivity contribution in [1.82, 2.24) is 9.62 Å². The van der Waals surface area contributed by atoms with Gasteiger partial charge in [-0.05, 0) is 37.6 Å². The summed E-state index contributed by atoms with van der Waals surface area (Å²) in [6, 6.07) is 13.7. The third-order valence-electron chi connectivity index (χ3n) is 4.15. The highest BCUT2D eigenvalue weighted by molar-refractivity contribution is 7.89. The van der Waals surface area contributed by atoms with Gasteiger partial charge < -0.3 is 5.32 Å². The van der Waals surface area contributed by atoms with Crippen molar-refractivity contribution in [3.8, 4) is 0 Å². The Labute approximate surface area is 165 Å². The molecule has 0 aromatic heterocycles. The van der Waals surface area contributed by atoms with E-state index in [2.05, 4.69) is 10.6 Å². The lowest BCUT2D eigenvalue weighted by Gasteiger charge is -2.20. The Morgan fingerprint density at radius 2 is 1.70 bits per heavy atom. The summed E-state index contributed by atoms with van der Waals surface area (Å²) in [6.07, 6.45) is 0. The molecule has 0 bridgehead atoms. The van der Waals surface area contributed by atoms with Gasteiger partial charge in [-0.15, -0.1) is 0 Å². The quantitative estimate of drug-likeness (QED) is 0.735. The molecule has 0 spiro atoms. The smallest absolute Gasteiger partial charge is 0.244 e. The van der Waals surface area contributed by atoms with E-state index < -0.39 is 16.1 Å². The second-order valence-corrected chi connectivity index (χ2v) is 8.97. The number of hydrogen-bond donors (Lipinski definition) is 2. The first-order valence-electron chi connectivity index (χ1n) is 8.47. The molecule has 0 aliphatic rings. The summed E-state index contributed by atoms with van der Waals surface area (Å²) in [6.45, 7) is 3.73. The van der Waals surface area contributed by atoms with E-state index in [1.807, 2.05) is 37.3 Å². The molecule has 0 aliphatic carbocycles. The van der Waals surface area contributed by atoms with Crippen LogP contribution >= 0.6 is 11.6 Å². The van der Waals surface area contributed by atoms with Crippen LogP contribution in [0.1, 0.15) is 25.5 Å². The maximum absolute atomic E-state index is 12.5. The van der Waals surface area contributed by atoms with E-state index in [-0.39, 0.29) is 21.9 Å². The number of anilines is 1. The SMILES string of the molecule is C[C@H](N[C@H](C)c1ccccc1)C(=O)Nc1ccc(Cl)c(S(=O)(=O)N(C)C)c1. The van der Waals surface area contributed by atoms with Crippen molar-refractivity contribution in [2.24, 2.45) is 0 Å². The number of rotatable bonds is 7. The molecule has 27 heavy (non-hydrogen) atoms. The second-order valence-electron chi connectivity index (χ2n) is 6.44. The fourth-order valence-corrected chi connectivity index (χ4v) is 3.91. The van der Waals surface area contributed by atoms with Crippen LogP contribution in [0.2, 0.25) is 5.02 Å².